The van der Waals surface area contributed by atoms with Gasteiger partial charge in [0.25, 0.3) is 5.91 Å². The number of nitrogens with zero attached hydrogens (tertiary/aromatic N) is 1. The van der Waals surface area contributed by atoms with Crippen LogP contribution in [0.5, 0.6) is 0 Å². The first-order valence-electron chi connectivity index (χ1n) is 6.73. The molecule has 5 heteroatoms. The second-order valence-corrected chi connectivity index (χ2v) is 4.50. The third-order valence-electron chi connectivity index (χ3n) is 2.76. The number of hydrogen-bond donors (Lipinski definition) is 1. The van der Waals surface area contributed by atoms with Crippen LogP contribution >= 0.6 is 0 Å². The summed E-state index contributed by atoms with van der Waals surface area (Å²) >= 11 is 0. The van der Waals surface area contributed by atoms with Crippen LogP contribution in [-0.4, -0.2) is 35.8 Å². The molecule has 0 saturated carbocycles. The summed E-state index contributed by atoms with van der Waals surface area (Å²) in [5.74, 6) is -0.195. The van der Waals surface area contributed by atoms with E-state index in [0.717, 1.165) is 12.8 Å². The van der Waals surface area contributed by atoms with Gasteiger partial charge in [-0.05, 0) is 31.9 Å². The Hall–Kier alpha value is -1.78. The van der Waals surface area contributed by atoms with Crippen LogP contribution in [0.4, 0.5) is 0 Å². The van der Waals surface area contributed by atoms with Crippen molar-refractivity contribution in [3.63, 3.8) is 0 Å². The van der Waals surface area contributed by atoms with Crippen LogP contribution in [0.25, 0.3) is 0 Å². The number of carbonyl (C=O) groups excluding carboxylic acids is 2. The van der Waals surface area contributed by atoms with E-state index in [4.69, 9.17) is 4.42 Å². The van der Waals surface area contributed by atoms with Gasteiger partial charge in [0.15, 0.2) is 5.76 Å². The monoisotopic (exact) mass is 266 g/mol. The molecule has 0 aliphatic heterocycles. The van der Waals surface area contributed by atoms with Crippen molar-refractivity contribution in [3.8, 4) is 0 Å². The molecular formula is C14H22N2O3. The predicted octanol–water partition coefficient (Wildman–Crippen LogP) is 2.05. The highest BCUT2D eigenvalue weighted by molar-refractivity contribution is 5.95. The fourth-order valence-electron chi connectivity index (χ4n) is 1.88. The molecule has 0 radical (unpaired) electrons. The predicted molar refractivity (Wildman–Crippen MR) is 72.8 cm³/mol. The summed E-state index contributed by atoms with van der Waals surface area (Å²) in [6, 6.07) is 2.67. The third-order valence-corrected chi connectivity index (χ3v) is 2.76. The zero-order valence-electron chi connectivity index (χ0n) is 11.8. The molecule has 0 aliphatic carbocycles. The second kappa shape index (κ2) is 7.61. The summed E-state index contributed by atoms with van der Waals surface area (Å²) in [6.07, 6.45) is 3.25. The van der Waals surface area contributed by atoms with Crippen LogP contribution in [0.15, 0.2) is 22.8 Å². The van der Waals surface area contributed by atoms with Gasteiger partial charge < -0.3 is 14.6 Å². The van der Waals surface area contributed by atoms with Crippen LogP contribution in [0, 0.1) is 0 Å². The first-order chi connectivity index (χ1) is 9.10. The van der Waals surface area contributed by atoms with E-state index >= 15 is 0 Å². The van der Waals surface area contributed by atoms with E-state index in [9.17, 15) is 9.59 Å². The van der Waals surface area contributed by atoms with Gasteiger partial charge in [0.1, 0.15) is 6.04 Å². The Morgan fingerprint density at radius 1 is 1.32 bits per heavy atom. The standard InChI is InChI=1S/C14H22N2O3/c1-4-8-16(9-5-2)14(18)11(3)15-13(17)12-7-6-10-19-12/h6-7,10-11H,4-5,8-9H2,1-3H3,(H,15,17). The Morgan fingerprint density at radius 2 is 1.95 bits per heavy atom. The lowest BCUT2D eigenvalue weighted by molar-refractivity contribution is -0.132. The zero-order chi connectivity index (χ0) is 14.3. The number of rotatable bonds is 7. The quantitative estimate of drug-likeness (QED) is 0.821. The van der Waals surface area contributed by atoms with Crippen molar-refractivity contribution in [2.45, 2.75) is 39.7 Å². The molecule has 0 bridgehead atoms. The highest BCUT2D eigenvalue weighted by Gasteiger charge is 2.22. The minimum absolute atomic E-state index is 0.0522. The Morgan fingerprint density at radius 3 is 2.42 bits per heavy atom. The van der Waals surface area contributed by atoms with Gasteiger partial charge >= 0.3 is 0 Å². The largest absolute Gasteiger partial charge is 0.459 e. The van der Waals surface area contributed by atoms with E-state index in [1.807, 2.05) is 13.8 Å². The van der Waals surface area contributed by atoms with Crippen molar-refractivity contribution in [1.29, 1.82) is 0 Å². The normalized spacial score (nSPS) is 11.9. The minimum Gasteiger partial charge on any atom is -0.459 e. The summed E-state index contributed by atoms with van der Waals surface area (Å²) < 4.78 is 4.99. The van der Waals surface area contributed by atoms with Crippen molar-refractivity contribution in [3.05, 3.63) is 24.2 Å². The fourth-order valence-corrected chi connectivity index (χ4v) is 1.88. The van der Waals surface area contributed by atoms with Gasteiger partial charge in [0.2, 0.25) is 5.91 Å². The number of furan rings is 1. The molecule has 1 atom stereocenters. The smallest absolute Gasteiger partial charge is 0.287 e. The van der Waals surface area contributed by atoms with Crippen molar-refractivity contribution in [2.24, 2.45) is 0 Å². The molecule has 0 aliphatic rings. The Kier molecular flexibility index (Phi) is 6.12. The van der Waals surface area contributed by atoms with E-state index in [-0.39, 0.29) is 17.6 Å². The van der Waals surface area contributed by atoms with Crippen LogP contribution < -0.4 is 5.32 Å². The van der Waals surface area contributed by atoms with Crippen LogP contribution in [0.2, 0.25) is 0 Å². The summed E-state index contributed by atoms with van der Waals surface area (Å²) in [5, 5.41) is 2.66. The first kappa shape index (κ1) is 15.3. The Balaban J connectivity index is 2.57. The Labute approximate surface area is 114 Å². The molecule has 0 saturated heterocycles. The molecule has 106 valence electrons. The van der Waals surface area contributed by atoms with Gasteiger partial charge in [-0.2, -0.15) is 0 Å². The summed E-state index contributed by atoms with van der Waals surface area (Å²) in [6.45, 7) is 7.19. The highest BCUT2D eigenvalue weighted by atomic mass is 16.3. The average Bonchev–Trinajstić information content (AvgIpc) is 2.91. The maximum atomic E-state index is 12.2. The molecule has 1 unspecified atom stereocenters. The number of carbonyl (C=O) groups is 2. The molecule has 1 rings (SSSR count). The molecular weight excluding hydrogens is 244 g/mol. The molecule has 0 spiro atoms. The lowest BCUT2D eigenvalue weighted by atomic mass is 10.2. The number of amides is 2. The lowest BCUT2D eigenvalue weighted by Gasteiger charge is -2.25. The SMILES string of the molecule is CCCN(CCC)C(=O)C(C)NC(=O)c1ccco1. The molecule has 1 N–H and O–H groups in total. The third kappa shape index (κ3) is 4.43. The summed E-state index contributed by atoms with van der Waals surface area (Å²) in [7, 11) is 0. The Bertz CT molecular complexity index is 395. The molecule has 1 aromatic rings. The first-order valence-corrected chi connectivity index (χ1v) is 6.73. The van der Waals surface area contributed by atoms with Gasteiger partial charge in [-0.1, -0.05) is 13.8 Å². The zero-order valence-corrected chi connectivity index (χ0v) is 11.8. The molecule has 2 amide bonds. The van der Waals surface area contributed by atoms with Crippen molar-refractivity contribution >= 4 is 11.8 Å². The van der Waals surface area contributed by atoms with Crippen LogP contribution in [0.1, 0.15) is 44.2 Å². The molecule has 19 heavy (non-hydrogen) atoms. The second-order valence-electron chi connectivity index (χ2n) is 4.50. The lowest BCUT2D eigenvalue weighted by Crippen LogP contribution is -2.47. The van der Waals surface area contributed by atoms with Gasteiger partial charge in [-0.3, -0.25) is 9.59 Å². The molecule has 5 nitrogen and oxygen atoms in total. The molecule has 0 fully saturated rings. The van der Waals surface area contributed by atoms with E-state index in [0.29, 0.717) is 13.1 Å². The maximum absolute atomic E-state index is 12.2. The van der Waals surface area contributed by atoms with Crippen LogP contribution in [0.3, 0.4) is 0 Å². The van der Waals surface area contributed by atoms with E-state index in [2.05, 4.69) is 5.32 Å². The van der Waals surface area contributed by atoms with Crippen molar-refractivity contribution < 1.29 is 14.0 Å². The van der Waals surface area contributed by atoms with E-state index in [1.165, 1.54) is 6.26 Å². The van der Waals surface area contributed by atoms with Gasteiger partial charge in [0, 0.05) is 13.1 Å². The number of nitrogens with one attached hydrogen (secondary N) is 1. The molecule has 0 aromatic carbocycles. The van der Waals surface area contributed by atoms with E-state index in [1.54, 1.807) is 24.0 Å². The maximum Gasteiger partial charge on any atom is 0.287 e. The number of hydrogen-bond acceptors (Lipinski definition) is 3. The van der Waals surface area contributed by atoms with Crippen molar-refractivity contribution in [2.75, 3.05) is 13.1 Å². The van der Waals surface area contributed by atoms with Gasteiger partial charge in [0.05, 0.1) is 6.26 Å². The molecule has 1 aromatic heterocycles. The van der Waals surface area contributed by atoms with Gasteiger partial charge in [-0.25, -0.2) is 0 Å². The average molecular weight is 266 g/mol. The van der Waals surface area contributed by atoms with Crippen molar-refractivity contribution in [1.82, 2.24) is 10.2 Å². The molecule has 1 heterocycles. The topological polar surface area (TPSA) is 62.6 Å². The fraction of sp³-hybridized carbons (Fsp3) is 0.571. The summed E-state index contributed by atoms with van der Waals surface area (Å²) in [5.41, 5.74) is 0. The van der Waals surface area contributed by atoms with E-state index < -0.39 is 6.04 Å². The summed E-state index contributed by atoms with van der Waals surface area (Å²) in [4.78, 5) is 25.8. The van der Waals surface area contributed by atoms with Gasteiger partial charge in [-0.15, -0.1) is 0 Å². The minimum atomic E-state index is -0.546. The highest BCUT2D eigenvalue weighted by Crippen LogP contribution is 2.03. The van der Waals surface area contributed by atoms with Crippen LogP contribution in [-0.2, 0) is 4.79 Å².